The van der Waals surface area contributed by atoms with Crippen molar-refractivity contribution < 1.29 is 22.9 Å². The maximum absolute atomic E-state index is 11.4. The van der Waals surface area contributed by atoms with Crippen LogP contribution in [0, 0.1) is 0 Å². The van der Waals surface area contributed by atoms with Gasteiger partial charge in [0.1, 0.15) is 5.75 Å². The summed E-state index contributed by atoms with van der Waals surface area (Å²) < 4.78 is 32.1. The third-order valence-electron chi connectivity index (χ3n) is 3.80. The molecule has 0 aromatic heterocycles. The van der Waals surface area contributed by atoms with Gasteiger partial charge in [0.15, 0.2) is 0 Å². The molecule has 0 radical (unpaired) electrons. The number of amides is 1. The van der Waals surface area contributed by atoms with Crippen LogP contribution in [0.25, 0.3) is 10.8 Å². The summed E-state index contributed by atoms with van der Waals surface area (Å²) in [4.78, 5) is 10.6. The number of phenolic OH excluding ortho intramolecular Hbond substituents is 1. The Balaban J connectivity index is 2.12. The van der Waals surface area contributed by atoms with Gasteiger partial charge >= 0.3 is 0 Å². The predicted molar refractivity (Wildman–Crippen MR) is 99.0 cm³/mol. The summed E-state index contributed by atoms with van der Waals surface area (Å²) in [6.07, 6.45) is 0. The van der Waals surface area contributed by atoms with Crippen molar-refractivity contribution in [3.63, 3.8) is 0 Å². The molecule has 0 saturated heterocycles. The van der Waals surface area contributed by atoms with Crippen LogP contribution in [-0.2, 0) is 10.1 Å². The van der Waals surface area contributed by atoms with Crippen LogP contribution in [0.15, 0.2) is 63.7 Å². The molecule has 0 heterocycles. The highest BCUT2D eigenvalue weighted by atomic mass is 32.2. The number of hydrogen-bond acceptors (Lipinski definition) is 7. The zero-order valence-electron chi connectivity index (χ0n) is 13.7. The van der Waals surface area contributed by atoms with E-state index < -0.39 is 26.7 Å². The maximum Gasteiger partial charge on any atom is 0.294 e. The van der Waals surface area contributed by atoms with Crippen molar-refractivity contribution >= 4 is 43.9 Å². The highest BCUT2D eigenvalue weighted by molar-refractivity contribution is 7.85. The van der Waals surface area contributed by atoms with Gasteiger partial charge < -0.3 is 16.6 Å². The van der Waals surface area contributed by atoms with E-state index in [9.17, 15) is 22.9 Å². The molecule has 0 aliphatic carbocycles. The number of nitrogen functional groups attached to an aromatic ring is 1. The molecule has 9 nitrogen and oxygen atoms in total. The highest BCUT2D eigenvalue weighted by Crippen LogP contribution is 2.38. The number of carbonyl (C=O) groups excluding carboxylic acids is 1. The minimum Gasteiger partial charge on any atom is -0.507 e. The lowest BCUT2D eigenvalue weighted by Gasteiger charge is -2.09. The molecule has 3 aromatic rings. The van der Waals surface area contributed by atoms with E-state index in [1.54, 1.807) is 0 Å². The fourth-order valence-corrected chi connectivity index (χ4v) is 3.02. The van der Waals surface area contributed by atoms with Crippen molar-refractivity contribution in [1.29, 1.82) is 0 Å². The van der Waals surface area contributed by atoms with E-state index in [2.05, 4.69) is 10.2 Å². The van der Waals surface area contributed by atoms with Crippen molar-refractivity contribution in [2.75, 3.05) is 5.73 Å². The number of aromatic hydroxyl groups is 1. The molecule has 10 heteroatoms. The number of fused-ring (bicyclic) bond motifs is 1. The molecule has 6 N–H and O–H groups in total. The minimum absolute atomic E-state index is 0.183. The Morgan fingerprint density at radius 1 is 1.00 bits per heavy atom. The molecule has 0 saturated carbocycles. The average molecular weight is 386 g/mol. The van der Waals surface area contributed by atoms with E-state index in [1.807, 2.05) is 0 Å². The Morgan fingerprint density at radius 2 is 1.67 bits per heavy atom. The summed E-state index contributed by atoms with van der Waals surface area (Å²) in [7, 11) is -4.54. The maximum atomic E-state index is 11.4. The fraction of sp³-hybridized carbons (Fsp3) is 0. The first kappa shape index (κ1) is 18.3. The summed E-state index contributed by atoms with van der Waals surface area (Å²) in [6.45, 7) is 0. The molecule has 0 fully saturated rings. The zero-order valence-corrected chi connectivity index (χ0v) is 14.5. The van der Waals surface area contributed by atoms with Gasteiger partial charge in [0.05, 0.1) is 16.3 Å². The molecule has 0 aliphatic heterocycles. The number of primary amides is 1. The van der Waals surface area contributed by atoms with E-state index in [-0.39, 0.29) is 22.1 Å². The first-order valence-electron chi connectivity index (χ1n) is 7.51. The number of carbonyl (C=O) groups is 1. The second-order valence-corrected chi connectivity index (χ2v) is 7.05. The molecule has 0 atom stereocenters. The monoisotopic (exact) mass is 386 g/mol. The summed E-state index contributed by atoms with van der Waals surface area (Å²) >= 11 is 0. The van der Waals surface area contributed by atoms with Crippen LogP contribution < -0.4 is 11.5 Å². The first-order valence-corrected chi connectivity index (χ1v) is 8.95. The van der Waals surface area contributed by atoms with Crippen molar-refractivity contribution in [1.82, 2.24) is 0 Å². The number of phenols is 1. The number of benzene rings is 3. The molecular weight excluding hydrogens is 372 g/mol. The fourth-order valence-electron chi connectivity index (χ4n) is 2.49. The highest BCUT2D eigenvalue weighted by Gasteiger charge is 2.16. The topological polar surface area (TPSA) is 168 Å². The molecule has 138 valence electrons. The van der Waals surface area contributed by atoms with Gasteiger partial charge in [-0.1, -0.05) is 0 Å². The van der Waals surface area contributed by atoms with Crippen LogP contribution in [-0.4, -0.2) is 24.0 Å². The smallest absolute Gasteiger partial charge is 0.294 e. The average Bonchev–Trinajstić information content (AvgIpc) is 2.60. The van der Waals surface area contributed by atoms with Crippen LogP contribution >= 0.6 is 0 Å². The molecule has 0 aliphatic rings. The van der Waals surface area contributed by atoms with Gasteiger partial charge in [-0.15, -0.1) is 5.11 Å². The van der Waals surface area contributed by atoms with E-state index >= 15 is 0 Å². The number of nitrogens with zero attached hydrogens (tertiary/aromatic N) is 2. The van der Waals surface area contributed by atoms with Crippen LogP contribution in [0.1, 0.15) is 10.4 Å². The second kappa shape index (κ2) is 6.67. The largest absolute Gasteiger partial charge is 0.507 e. The summed E-state index contributed by atoms with van der Waals surface area (Å²) in [5.41, 5.74) is 12.2. The molecule has 0 spiro atoms. The van der Waals surface area contributed by atoms with Gasteiger partial charge in [-0.05, 0) is 42.5 Å². The Kier molecular flexibility index (Phi) is 4.52. The molecular formula is C17H14N4O5S. The predicted octanol–water partition coefficient (Wildman–Crippen LogP) is 2.89. The van der Waals surface area contributed by atoms with E-state index in [1.165, 1.54) is 36.4 Å². The van der Waals surface area contributed by atoms with Gasteiger partial charge in [-0.25, -0.2) is 0 Å². The number of nitrogens with two attached hydrogens (primary N) is 2. The molecule has 27 heavy (non-hydrogen) atoms. The van der Waals surface area contributed by atoms with Crippen molar-refractivity contribution in [3.8, 4) is 5.75 Å². The van der Waals surface area contributed by atoms with Gasteiger partial charge in [-0.2, -0.15) is 13.5 Å². The molecule has 0 bridgehead atoms. The van der Waals surface area contributed by atoms with Crippen LogP contribution in [0.2, 0.25) is 0 Å². The van der Waals surface area contributed by atoms with Crippen LogP contribution in [0.4, 0.5) is 17.1 Å². The van der Waals surface area contributed by atoms with Crippen molar-refractivity contribution in [2.24, 2.45) is 16.0 Å². The molecule has 3 rings (SSSR count). The number of anilines is 1. The third kappa shape index (κ3) is 3.71. The number of azo groups is 1. The standard InChI is InChI=1S/C17H14N4O5S/c18-13-5-6-14(21-20-10-3-1-9(2-4-10)17(19)23)12-7-11(27(24,25)26)8-15(22)16(12)13/h1-8,22H,18H2,(H2,19,23)(H,24,25,26). The number of rotatable bonds is 4. The Labute approximate surface area is 153 Å². The first-order chi connectivity index (χ1) is 12.7. The van der Waals surface area contributed by atoms with Gasteiger partial charge in [0, 0.05) is 28.1 Å². The van der Waals surface area contributed by atoms with E-state index in [4.69, 9.17) is 11.5 Å². The lowest BCUT2D eigenvalue weighted by molar-refractivity contribution is 0.100. The third-order valence-corrected chi connectivity index (χ3v) is 4.63. The van der Waals surface area contributed by atoms with Gasteiger partial charge in [0.25, 0.3) is 10.1 Å². The SMILES string of the molecule is NC(=O)c1ccc(N=Nc2ccc(N)c3c(O)cc(S(=O)(=O)O)cc23)cc1. The molecule has 1 amide bonds. The summed E-state index contributed by atoms with van der Waals surface area (Å²) in [5, 5.41) is 18.6. The lowest BCUT2D eigenvalue weighted by Crippen LogP contribution is -2.10. The van der Waals surface area contributed by atoms with Gasteiger partial charge in [-0.3, -0.25) is 9.35 Å². The quantitative estimate of drug-likeness (QED) is 0.305. The lowest BCUT2D eigenvalue weighted by atomic mass is 10.1. The van der Waals surface area contributed by atoms with Crippen molar-refractivity contribution in [2.45, 2.75) is 4.90 Å². The molecule has 3 aromatic carbocycles. The van der Waals surface area contributed by atoms with Crippen molar-refractivity contribution in [3.05, 3.63) is 54.1 Å². The Hall–Kier alpha value is -3.50. The number of hydrogen-bond donors (Lipinski definition) is 4. The zero-order chi connectivity index (χ0) is 19.8. The Bertz CT molecular complexity index is 1190. The normalized spacial score (nSPS) is 11.9. The van der Waals surface area contributed by atoms with Crippen LogP contribution in [0.3, 0.4) is 0 Å². The van der Waals surface area contributed by atoms with E-state index in [0.717, 1.165) is 12.1 Å². The van der Waals surface area contributed by atoms with E-state index in [0.29, 0.717) is 11.3 Å². The van der Waals surface area contributed by atoms with Gasteiger partial charge in [0.2, 0.25) is 5.91 Å². The Morgan fingerprint density at radius 3 is 2.26 bits per heavy atom. The summed E-state index contributed by atoms with van der Waals surface area (Å²) in [5.74, 6) is -0.989. The van der Waals surface area contributed by atoms with Crippen LogP contribution in [0.5, 0.6) is 5.75 Å². The summed E-state index contributed by atoms with van der Waals surface area (Å²) in [6, 6.07) is 11.1. The second-order valence-electron chi connectivity index (χ2n) is 5.63. The minimum atomic E-state index is -4.54. The molecule has 0 unspecified atom stereocenters.